The molecule has 4 rings (SSSR count). The second-order valence-electron chi connectivity index (χ2n) is 7.21. The first kappa shape index (κ1) is 21.6. The van der Waals surface area contributed by atoms with Crippen molar-refractivity contribution in [3.63, 3.8) is 0 Å². The number of nitrogens with one attached hydrogen (secondary N) is 1. The molecule has 0 bridgehead atoms. The van der Waals surface area contributed by atoms with Crippen molar-refractivity contribution in [2.45, 2.75) is 24.3 Å². The molecule has 32 heavy (non-hydrogen) atoms. The average molecular weight is 446 g/mol. The lowest BCUT2D eigenvalue weighted by atomic mass is 10.0. The molecule has 1 heterocycles. The smallest absolute Gasteiger partial charge is 0.237 e. The lowest BCUT2D eigenvalue weighted by molar-refractivity contribution is -0.115. The van der Waals surface area contributed by atoms with Crippen LogP contribution in [0.25, 0.3) is 16.8 Å². The summed E-state index contributed by atoms with van der Waals surface area (Å²) in [6, 6.07) is 23.5. The lowest BCUT2D eigenvalue weighted by Gasteiger charge is -2.15. The maximum Gasteiger partial charge on any atom is 0.237 e. The van der Waals surface area contributed by atoms with E-state index in [4.69, 9.17) is 4.74 Å². The summed E-state index contributed by atoms with van der Waals surface area (Å²) in [7, 11) is 1.60. The fourth-order valence-electron chi connectivity index (χ4n) is 3.28. The summed E-state index contributed by atoms with van der Waals surface area (Å²) in [6.07, 6.45) is 0. The van der Waals surface area contributed by atoms with Gasteiger partial charge in [0.05, 0.1) is 12.4 Å². The molecule has 7 nitrogen and oxygen atoms in total. The molecule has 0 saturated heterocycles. The number of rotatable bonds is 7. The summed E-state index contributed by atoms with van der Waals surface area (Å²) in [5.74, 6) is 0.516. The second kappa shape index (κ2) is 9.65. The normalized spacial score (nSPS) is 11.7. The summed E-state index contributed by atoms with van der Waals surface area (Å²) in [5.41, 5.74) is 4.54. The SMILES string of the molecule is COc1ccc(C)cc1-n1nnnc1SC(C)C(=O)Nc1ccccc1-c1ccccc1. The van der Waals surface area contributed by atoms with Crippen LogP contribution >= 0.6 is 11.8 Å². The molecule has 1 atom stereocenters. The Morgan fingerprint density at radius 2 is 1.81 bits per heavy atom. The highest BCUT2D eigenvalue weighted by Crippen LogP contribution is 2.31. The Morgan fingerprint density at radius 3 is 2.59 bits per heavy atom. The molecule has 0 aliphatic carbocycles. The first-order chi connectivity index (χ1) is 15.6. The Labute approximate surface area is 190 Å². The van der Waals surface area contributed by atoms with Gasteiger partial charge in [-0.3, -0.25) is 4.79 Å². The van der Waals surface area contributed by atoms with Crippen LogP contribution in [-0.4, -0.2) is 38.5 Å². The van der Waals surface area contributed by atoms with E-state index >= 15 is 0 Å². The molecule has 0 radical (unpaired) electrons. The largest absolute Gasteiger partial charge is 0.494 e. The fourth-order valence-corrected chi connectivity index (χ4v) is 4.08. The molecule has 0 fully saturated rings. The molecule has 1 amide bonds. The van der Waals surface area contributed by atoms with Crippen LogP contribution in [0, 0.1) is 6.92 Å². The van der Waals surface area contributed by atoms with Crippen LogP contribution < -0.4 is 10.1 Å². The van der Waals surface area contributed by atoms with E-state index in [1.54, 1.807) is 11.8 Å². The number of thioether (sulfide) groups is 1. The molecule has 3 aromatic carbocycles. The molecular formula is C24H23N5O2S. The zero-order valence-electron chi connectivity index (χ0n) is 18.0. The van der Waals surface area contributed by atoms with Gasteiger partial charge in [0, 0.05) is 11.3 Å². The highest BCUT2D eigenvalue weighted by Gasteiger charge is 2.21. The minimum Gasteiger partial charge on any atom is -0.494 e. The van der Waals surface area contributed by atoms with E-state index in [9.17, 15) is 4.79 Å². The van der Waals surface area contributed by atoms with E-state index in [1.165, 1.54) is 11.8 Å². The summed E-state index contributed by atoms with van der Waals surface area (Å²) in [4.78, 5) is 13.0. The molecule has 0 aliphatic rings. The van der Waals surface area contributed by atoms with Crippen LogP contribution in [0.1, 0.15) is 12.5 Å². The molecule has 1 unspecified atom stereocenters. The Balaban J connectivity index is 1.54. The van der Waals surface area contributed by atoms with Gasteiger partial charge in [-0.25, -0.2) is 0 Å². The zero-order valence-corrected chi connectivity index (χ0v) is 18.8. The van der Waals surface area contributed by atoms with E-state index in [2.05, 4.69) is 20.8 Å². The highest BCUT2D eigenvalue weighted by molar-refractivity contribution is 8.00. The van der Waals surface area contributed by atoms with Crippen LogP contribution in [0.2, 0.25) is 0 Å². The number of carbonyl (C=O) groups excluding carboxylic acids is 1. The standard InChI is InChI=1S/C24H23N5O2S/c1-16-13-14-22(31-3)21(15-16)29-24(26-27-28-29)32-17(2)23(30)25-20-12-8-7-11-19(20)18-9-5-4-6-10-18/h4-15,17H,1-3H3,(H,25,30). The minimum atomic E-state index is -0.431. The predicted octanol–water partition coefficient (Wildman–Crippen LogP) is 4.77. The Hall–Kier alpha value is -3.65. The Morgan fingerprint density at radius 1 is 1.06 bits per heavy atom. The first-order valence-corrected chi connectivity index (χ1v) is 11.0. The number of methoxy groups -OCH3 is 1. The van der Waals surface area contributed by atoms with Gasteiger partial charge in [0.25, 0.3) is 0 Å². The van der Waals surface area contributed by atoms with Gasteiger partial charge in [0.2, 0.25) is 11.1 Å². The number of aryl methyl sites for hydroxylation is 1. The number of benzene rings is 3. The number of tetrazole rings is 1. The van der Waals surface area contributed by atoms with Crippen LogP contribution in [0.15, 0.2) is 78.0 Å². The van der Waals surface area contributed by atoms with E-state index in [0.717, 1.165) is 28.1 Å². The third-order valence-electron chi connectivity index (χ3n) is 4.92. The third-order valence-corrected chi connectivity index (χ3v) is 5.96. The molecule has 0 saturated carbocycles. The Bertz CT molecular complexity index is 1230. The first-order valence-electron chi connectivity index (χ1n) is 10.1. The lowest BCUT2D eigenvalue weighted by Crippen LogP contribution is -2.23. The van der Waals surface area contributed by atoms with Gasteiger partial charge in [-0.15, -0.1) is 5.10 Å². The number of nitrogens with zero attached hydrogens (tertiary/aromatic N) is 4. The van der Waals surface area contributed by atoms with Gasteiger partial charge in [-0.05, 0) is 53.6 Å². The number of amides is 1. The second-order valence-corrected chi connectivity index (χ2v) is 8.52. The van der Waals surface area contributed by atoms with Crippen molar-refractivity contribution in [1.29, 1.82) is 0 Å². The van der Waals surface area contributed by atoms with Gasteiger partial charge < -0.3 is 10.1 Å². The summed E-state index contributed by atoms with van der Waals surface area (Å²) in [5, 5.41) is 15.2. The van der Waals surface area contributed by atoms with Gasteiger partial charge >= 0.3 is 0 Å². The van der Waals surface area contributed by atoms with Crippen LogP contribution in [0.4, 0.5) is 5.69 Å². The van der Waals surface area contributed by atoms with Crippen molar-refractivity contribution in [3.05, 3.63) is 78.4 Å². The van der Waals surface area contributed by atoms with E-state index < -0.39 is 5.25 Å². The van der Waals surface area contributed by atoms with Crippen molar-refractivity contribution in [3.8, 4) is 22.6 Å². The monoisotopic (exact) mass is 445 g/mol. The molecule has 4 aromatic rings. The van der Waals surface area contributed by atoms with Crippen LogP contribution in [0.3, 0.4) is 0 Å². The average Bonchev–Trinajstić information content (AvgIpc) is 3.27. The number of para-hydroxylation sites is 1. The fraction of sp³-hybridized carbons (Fsp3) is 0.167. The van der Waals surface area contributed by atoms with Crippen molar-refractivity contribution >= 4 is 23.4 Å². The third kappa shape index (κ3) is 4.65. The van der Waals surface area contributed by atoms with Gasteiger partial charge in [-0.1, -0.05) is 66.4 Å². The number of carbonyl (C=O) groups is 1. The molecule has 0 spiro atoms. The molecule has 8 heteroatoms. The van der Waals surface area contributed by atoms with Crippen molar-refractivity contribution in [2.24, 2.45) is 0 Å². The number of aromatic nitrogens is 4. The predicted molar refractivity (Wildman–Crippen MR) is 126 cm³/mol. The molecule has 162 valence electrons. The molecular weight excluding hydrogens is 422 g/mol. The molecule has 1 aromatic heterocycles. The van der Waals surface area contributed by atoms with Gasteiger partial charge in [0.1, 0.15) is 11.4 Å². The topological polar surface area (TPSA) is 81.9 Å². The maximum absolute atomic E-state index is 13.0. The van der Waals surface area contributed by atoms with E-state index in [-0.39, 0.29) is 5.91 Å². The van der Waals surface area contributed by atoms with Crippen molar-refractivity contribution < 1.29 is 9.53 Å². The Kier molecular flexibility index (Phi) is 6.51. The maximum atomic E-state index is 13.0. The van der Waals surface area contributed by atoms with Gasteiger partial charge in [-0.2, -0.15) is 4.68 Å². The minimum absolute atomic E-state index is 0.135. The number of hydrogen-bond donors (Lipinski definition) is 1. The summed E-state index contributed by atoms with van der Waals surface area (Å²) < 4.78 is 7.06. The highest BCUT2D eigenvalue weighted by atomic mass is 32.2. The molecule has 0 aliphatic heterocycles. The van der Waals surface area contributed by atoms with Gasteiger partial charge in [0.15, 0.2) is 0 Å². The van der Waals surface area contributed by atoms with E-state index in [1.807, 2.05) is 86.6 Å². The van der Waals surface area contributed by atoms with Crippen LogP contribution in [-0.2, 0) is 4.79 Å². The number of anilines is 1. The van der Waals surface area contributed by atoms with Crippen molar-refractivity contribution in [2.75, 3.05) is 12.4 Å². The summed E-state index contributed by atoms with van der Waals surface area (Å²) in [6.45, 7) is 3.82. The zero-order chi connectivity index (χ0) is 22.5. The van der Waals surface area contributed by atoms with E-state index in [0.29, 0.717) is 10.9 Å². The quantitative estimate of drug-likeness (QED) is 0.413. The number of ether oxygens (including phenoxy) is 1. The van der Waals surface area contributed by atoms with Crippen molar-refractivity contribution in [1.82, 2.24) is 20.2 Å². The van der Waals surface area contributed by atoms with Crippen LogP contribution in [0.5, 0.6) is 5.75 Å². The summed E-state index contributed by atoms with van der Waals surface area (Å²) >= 11 is 1.29. The number of hydrogen-bond acceptors (Lipinski definition) is 6. The molecule has 1 N–H and O–H groups in total.